The first-order valence-corrected chi connectivity index (χ1v) is 7.23. The molecular formula is C18H26N2+2. The summed E-state index contributed by atoms with van der Waals surface area (Å²) in [5, 5.41) is 0. The van der Waals surface area contributed by atoms with Crippen LogP contribution in [0.2, 0.25) is 0 Å². The van der Waals surface area contributed by atoms with Gasteiger partial charge in [0.2, 0.25) is 0 Å². The lowest BCUT2D eigenvalue weighted by Crippen LogP contribution is -2.20. The molecule has 0 aliphatic rings. The second-order valence-corrected chi connectivity index (χ2v) is 7.48. The van der Waals surface area contributed by atoms with Gasteiger partial charge in [0.25, 0.3) is 11.4 Å². The van der Waals surface area contributed by atoms with Gasteiger partial charge in [0.05, 0.1) is 0 Å². The zero-order chi connectivity index (χ0) is 15.0. The Bertz CT molecular complexity index is 546. The molecule has 20 heavy (non-hydrogen) atoms. The lowest BCUT2D eigenvalue weighted by atomic mass is 9.86. The van der Waals surface area contributed by atoms with Crippen molar-refractivity contribution in [1.82, 2.24) is 0 Å². The predicted octanol–water partition coefficient (Wildman–Crippen LogP) is 3.58. The number of H-pyrrole nitrogens is 2. The van der Waals surface area contributed by atoms with Crippen LogP contribution < -0.4 is 9.97 Å². The summed E-state index contributed by atoms with van der Waals surface area (Å²) in [5.41, 5.74) is 5.24. The molecule has 2 rings (SSSR count). The van der Waals surface area contributed by atoms with Crippen LogP contribution in [0.4, 0.5) is 0 Å². The maximum absolute atomic E-state index is 3.34. The first kappa shape index (κ1) is 14.7. The van der Waals surface area contributed by atoms with Gasteiger partial charge in [-0.05, 0) is 22.0 Å². The van der Waals surface area contributed by atoms with Gasteiger partial charge in [-0.2, -0.15) is 0 Å². The largest absolute Gasteiger partial charge is 0.275 e. The number of hydrogen-bond acceptors (Lipinski definition) is 0. The van der Waals surface area contributed by atoms with Crippen LogP contribution in [0.3, 0.4) is 0 Å². The van der Waals surface area contributed by atoms with Crippen molar-refractivity contribution in [2.24, 2.45) is 0 Å². The Labute approximate surface area is 122 Å². The molecule has 2 N–H and O–H groups in total. The average Bonchev–Trinajstić information content (AvgIpc) is 2.37. The van der Waals surface area contributed by atoms with Crippen molar-refractivity contribution in [1.29, 1.82) is 0 Å². The van der Waals surface area contributed by atoms with E-state index in [0.29, 0.717) is 0 Å². The first-order chi connectivity index (χ1) is 9.18. The Morgan fingerprint density at radius 1 is 0.650 bits per heavy atom. The number of rotatable bonds is 1. The van der Waals surface area contributed by atoms with E-state index in [1.807, 2.05) is 12.4 Å². The van der Waals surface area contributed by atoms with Crippen LogP contribution in [0.15, 0.2) is 36.7 Å². The molecule has 2 aromatic rings. The van der Waals surface area contributed by atoms with E-state index >= 15 is 0 Å². The smallest absolute Gasteiger partial charge is 0.206 e. The van der Waals surface area contributed by atoms with E-state index in [1.54, 1.807) is 0 Å². The molecule has 0 bridgehead atoms. The van der Waals surface area contributed by atoms with E-state index in [-0.39, 0.29) is 10.8 Å². The highest BCUT2D eigenvalue weighted by Gasteiger charge is 2.22. The highest BCUT2D eigenvalue weighted by Crippen LogP contribution is 2.26. The Kier molecular flexibility index (Phi) is 3.68. The molecule has 0 amide bonds. The van der Waals surface area contributed by atoms with Crippen molar-refractivity contribution in [3.8, 4) is 11.4 Å². The van der Waals surface area contributed by atoms with Crippen molar-refractivity contribution in [3.05, 3.63) is 47.8 Å². The van der Waals surface area contributed by atoms with Crippen LogP contribution in [-0.4, -0.2) is 0 Å². The molecule has 0 aliphatic carbocycles. The quantitative estimate of drug-likeness (QED) is 0.758. The highest BCUT2D eigenvalue weighted by atomic mass is 14.8. The van der Waals surface area contributed by atoms with Crippen LogP contribution in [0.1, 0.15) is 52.7 Å². The van der Waals surface area contributed by atoms with Gasteiger partial charge < -0.3 is 0 Å². The third-order valence-corrected chi connectivity index (χ3v) is 3.63. The van der Waals surface area contributed by atoms with Gasteiger partial charge in [-0.15, -0.1) is 0 Å². The number of aromatic amines is 2. The molecule has 0 radical (unpaired) electrons. The third kappa shape index (κ3) is 3.24. The molecule has 0 aliphatic heterocycles. The van der Waals surface area contributed by atoms with Crippen molar-refractivity contribution < 1.29 is 9.97 Å². The molecule has 2 aromatic heterocycles. The topological polar surface area (TPSA) is 28.3 Å². The summed E-state index contributed by atoms with van der Waals surface area (Å²) in [7, 11) is 0. The fourth-order valence-corrected chi connectivity index (χ4v) is 2.18. The summed E-state index contributed by atoms with van der Waals surface area (Å²) < 4.78 is 0. The molecule has 0 aromatic carbocycles. The van der Waals surface area contributed by atoms with Crippen LogP contribution in [0, 0.1) is 0 Å². The summed E-state index contributed by atoms with van der Waals surface area (Å²) in [6, 6.07) is 8.77. The summed E-state index contributed by atoms with van der Waals surface area (Å²) in [6.07, 6.45) is 4.04. The Balaban J connectivity index is 2.47. The molecule has 106 valence electrons. The fourth-order valence-electron chi connectivity index (χ4n) is 2.18. The zero-order valence-corrected chi connectivity index (χ0v) is 13.5. The second kappa shape index (κ2) is 5.01. The van der Waals surface area contributed by atoms with Crippen LogP contribution in [-0.2, 0) is 10.8 Å². The fraction of sp³-hybridized carbons (Fsp3) is 0.444. The molecule has 0 saturated carbocycles. The minimum Gasteiger partial charge on any atom is -0.206 e. The maximum Gasteiger partial charge on any atom is 0.275 e. The maximum atomic E-state index is 3.34. The van der Waals surface area contributed by atoms with Crippen LogP contribution in [0.5, 0.6) is 0 Å². The second-order valence-electron chi connectivity index (χ2n) is 7.48. The van der Waals surface area contributed by atoms with Gasteiger partial charge in [0.1, 0.15) is 0 Å². The molecule has 0 fully saturated rings. The van der Waals surface area contributed by atoms with Crippen molar-refractivity contribution in [3.63, 3.8) is 0 Å². The third-order valence-electron chi connectivity index (χ3n) is 3.63. The summed E-state index contributed by atoms with van der Waals surface area (Å²) in [6.45, 7) is 13.4. The monoisotopic (exact) mass is 270 g/mol. The summed E-state index contributed by atoms with van der Waals surface area (Å²) in [5.74, 6) is 0. The average molecular weight is 270 g/mol. The van der Waals surface area contributed by atoms with E-state index < -0.39 is 0 Å². The predicted molar refractivity (Wildman–Crippen MR) is 82.4 cm³/mol. The van der Waals surface area contributed by atoms with Gasteiger partial charge in [0.15, 0.2) is 12.4 Å². The van der Waals surface area contributed by atoms with Gasteiger partial charge >= 0.3 is 0 Å². The molecule has 2 nitrogen and oxygen atoms in total. The van der Waals surface area contributed by atoms with Crippen molar-refractivity contribution in [2.75, 3.05) is 0 Å². The number of aromatic nitrogens is 2. The zero-order valence-electron chi connectivity index (χ0n) is 13.5. The van der Waals surface area contributed by atoms with Gasteiger partial charge in [-0.25, -0.2) is 9.97 Å². The molecule has 2 heterocycles. The Morgan fingerprint density at radius 2 is 1.00 bits per heavy atom. The molecule has 2 heteroatoms. The van der Waals surface area contributed by atoms with E-state index in [0.717, 1.165) is 11.4 Å². The first-order valence-electron chi connectivity index (χ1n) is 7.23. The lowest BCUT2D eigenvalue weighted by molar-refractivity contribution is -0.402. The standard InChI is InChI=1S/C18H24N2/c1-17(2,3)13-7-9-19-15(11-13)16-12-14(8-10-20-16)18(4,5)6/h7-12H,1-6H3/p+2. The van der Waals surface area contributed by atoms with Gasteiger partial charge in [0, 0.05) is 24.3 Å². The van der Waals surface area contributed by atoms with Gasteiger partial charge in [-0.1, -0.05) is 41.5 Å². The van der Waals surface area contributed by atoms with E-state index in [9.17, 15) is 0 Å². The van der Waals surface area contributed by atoms with Crippen LogP contribution >= 0.6 is 0 Å². The summed E-state index contributed by atoms with van der Waals surface area (Å²) >= 11 is 0. The van der Waals surface area contributed by atoms with E-state index in [1.165, 1.54) is 11.1 Å². The molecule has 0 saturated heterocycles. The van der Waals surface area contributed by atoms with Gasteiger partial charge in [-0.3, -0.25) is 0 Å². The molecule has 0 atom stereocenters. The van der Waals surface area contributed by atoms with E-state index in [4.69, 9.17) is 0 Å². The normalized spacial score (nSPS) is 12.5. The van der Waals surface area contributed by atoms with Crippen LogP contribution in [0.25, 0.3) is 11.4 Å². The SMILES string of the molecule is CC(C)(C)c1cc[nH+]c(-c2cc(C(C)(C)C)cc[nH+]2)c1. The lowest BCUT2D eigenvalue weighted by Gasteiger charge is -2.18. The number of pyridine rings is 2. The minimum atomic E-state index is 0.158. The van der Waals surface area contributed by atoms with Crippen molar-refractivity contribution >= 4 is 0 Å². The summed E-state index contributed by atoms with van der Waals surface area (Å²) in [4.78, 5) is 6.69. The minimum absolute atomic E-state index is 0.158. The number of nitrogens with one attached hydrogen (secondary N) is 2. The number of hydrogen-bond donors (Lipinski definition) is 0. The highest BCUT2D eigenvalue weighted by molar-refractivity contribution is 5.50. The Morgan fingerprint density at radius 3 is 1.30 bits per heavy atom. The molecular weight excluding hydrogens is 244 g/mol. The molecule has 0 unspecified atom stereocenters. The Hall–Kier alpha value is -1.70. The molecule has 0 spiro atoms. The van der Waals surface area contributed by atoms with Crippen molar-refractivity contribution in [2.45, 2.75) is 52.4 Å². The van der Waals surface area contributed by atoms with E-state index in [2.05, 4.69) is 75.8 Å².